The molecule has 1 unspecified atom stereocenters. The molecule has 1 fully saturated rings. The molecular formula is C15H20N2O3. The number of benzene rings is 1. The van der Waals surface area contributed by atoms with Crippen LogP contribution in [0.1, 0.15) is 24.5 Å². The lowest BCUT2D eigenvalue weighted by molar-refractivity contribution is -0.145. The van der Waals surface area contributed by atoms with Gasteiger partial charge in [-0.25, -0.2) is 0 Å². The van der Waals surface area contributed by atoms with Gasteiger partial charge in [0.15, 0.2) is 6.10 Å². The van der Waals surface area contributed by atoms with Gasteiger partial charge in [-0.1, -0.05) is 30.3 Å². The standard InChI is InChI=1S/C15H20N2O3/c1-20-13(11-5-3-2-4-6-11)15(19)17-9-7-12(8-10-17)14(16)18/h2-6,12-13H,7-10H2,1H3,(H2,16,18). The maximum absolute atomic E-state index is 12.5. The molecule has 1 heterocycles. The van der Waals surface area contributed by atoms with Crippen molar-refractivity contribution < 1.29 is 14.3 Å². The number of primary amides is 1. The number of hydrogen-bond acceptors (Lipinski definition) is 3. The van der Waals surface area contributed by atoms with Crippen LogP contribution in [0.2, 0.25) is 0 Å². The van der Waals surface area contributed by atoms with E-state index in [-0.39, 0.29) is 17.7 Å². The highest BCUT2D eigenvalue weighted by Gasteiger charge is 2.30. The molecule has 1 aliphatic rings. The summed E-state index contributed by atoms with van der Waals surface area (Å²) in [6, 6.07) is 9.42. The molecule has 20 heavy (non-hydrogen) atoms. The predicted molar refractivity (Wildman–Crippen MR) is 74.7 cm³/mol. The van der Waals surface area contributed by atoms with Crippen molar-refractivity contribution in [1.82, 2.24) is 4.90 Å². The Hall–Kier alpha value is -1.88. The number of methoxy groups -OCH3 is 1. The molecule has 2 N–H and O–H groups in total. The summed E-state index contributed by atoms with van der Waals surface area (Å²) in [4.78, 5) is 25.4. The Balaban J connectivity index is 2.02. The van der Waals surface area contributed by atoms with Crippen LogP contribution in [0.25, 0.3) is 0 Å². The number of ether oxygens (including phenoxy) is 1. The van der Waals surface area contributed by atoms with Crippen molar-refractivity contribution in [3.05, 3.63) is 35.9 Å². The molecule has 2 rings (SSSR count). The molecule has 0 aromatic heterocycles. The molecule has 1 aliphatic heterocycles. The van der Waals surface area contributed by atoms with E-state index in [0.29, 0.717) is 25.9 Å². The Morgan fingerprint density at radius 2 is 1.85 bits per heavy atom. The molecule has 5 heteroatoms. The van der Waals surface area contributed by atoms with Gasteiger partial charge in [0, 0.05) is 26.1 Å². The highest BCUT2D eigenvalue weighted by atomic mass is 16.5. The second-order valence-corrected chi connectivity index (χ2v) is 5.03. The monoisotopic (exact) mass is 276 g/mol. The third kappa shape index (κ3) is 3.17. The van der Waals surface area contributed by atoms with Crippen LogP contribution in [-0.4, -0.2) is 36.9 Å². The van der Waals surface area contributed by atoms with Crippen LogP contribution in [0.15, 0.2) is 30.3 Å². The van der Waals surface area contributed by atoms with E-state index >= 15 is 0 Å². The number of carbonyl (C=O) groups excluding carboxylic acids is 2. The normalized spacial score (nSPS) is 17.8. The zero-order chi connectivity index (χ0) is 14.5. The smallest absolute Gasteiger partial charge is 0.256 e. The molecule has 0 saturated carbocycles. The van der Waals surface area contributed by atoms with Crippen LogP contribution < -0.4 is 5.73 Å². The fraction of sp³-hybridized carbons (Fsp3) is 0.467. The fourth-order valence-electron chi connectivity index (χ4n) is 2.56. The summed E-state index contributed by atoms with van der Waals surface area (Å²) >= 11 is 0. The van der Waals surface area contributed by atoms with Crippen LogP contribution in [0.5, 0.6) is 0 Å². The van der Waals surface area contributed by atoms with E-state index in [1.54, 1.807) is 4.90 Å². The van der Waals surface area contributed by atoms with Crippen molar-refractivity contribution in [2.24, 2.45) is 11.7 Å². The first-order valence-electron chi connectivity index (χ1n) is 6.79. The minimum absolute atomic E-state index is 0.0541. The molecule has 0 radical (unpaired) electrons. The maximum atomic E-state index is 12.5. The zero-order valence-corrected chi connectivity index (χ0v) is 11.6. The zero-order valence-electron chi connectivity index (χ0n) is 11.6. The lowest BCUT2D eigenvalue weighted by Gasteiger charge is -2.32. The van der Waals surface area contributed by atoms with Crippen molar-refractivity contribution in [3.8, 4) is 0 Å². The van der Waals surface area contributed by atoms with Gasteiger partial charge in [-0.15, -0.1) is 0 Å². The number of nitrogens with zero attached hydrogens (tertiary/aromatic N) is 1. The average molecular weight is 276 g/mol. The second-order valence-electron chi connectivity index (χ2n) is 5.03. The molecule has 1 aromatic carbocycles. The van der Waals surface area contributed by atoms with E-state index < -0.39 is 6.10 Å². The van der Waals surface area contributed by atoms with Crippen LogP contribution in [-0.2, 0) is 14.3 Å². The lowest BCUT2D eigenvalue weighted by atomic mass is 9.95. The van der Waals surface area contributed by atoms with Gasteiger partial charge in [-0.05, 0) is 18.4 Å². The third-order valence-electron chi connectivity index (χ3n) is 3.77. The molecule has 2 amide bonds. The highest BCUT2D eigenvalue weighted by Crippen LogP contribution is 2.23. The molecule has 5 nitrogen and oxygen atoms in total. The SMILES string of the molecule is COC(C(=O)N1CCC(C(N)=O)CC1)c1ccccc1. The Kier molecular flexibility index (Phi) is 4.74. The molecule has 1 saturated heterocycles. The molecule has 0 aliphatic carbocycles. The van der Waals surface area contributed by atoms with Gasteiger partial charge in [0.2, 0.25) is 5.91 Å². The molecule has 1 atom stereocenters. The van der Waals surface area contributed by atoms with E-state index in [0.717, 1.165) is 5.56 Å². The predicted octanol–water partition coefficient (Wildman–Crippen LogP) is 1.10. The largest absolute Gasteiger partial charge is 0.369 e. The van der Waals surface area contributed by atoms with Gasteiger partial charge in [0.1, 0.15) is 0 Å². The number of piperidine rings is 1. The minimum Gasteiger partial charge on any atom is -0.369 e. The minimum atomic E-state index is -0.582. The fourth-order valence-corrected chi connectivity index (χ4v) is 2.56. The van der Waals surface area contributed by atoms with E-state index in [1.807, 2.05) is 30.3 Å². The number of carbonyl (C=O) groups is 2. The van der Waals surface area contributed by atoms with Crippen molar-refractivity contribution in [3.63, 3.8) is 0 Å². The topological polar surface area (TPSA) is 72.6 Å². The number of hydrogen-bond donors (Lipinski definition) is 1. The quantitative estimate of drug-likeness (QED) is 0.895. The maximum Gasteiger partial charge on any atom is 0.256 e. The summed E-state index contributed by atoms with van der Waals surface area (Å²) in [6.45, 7) is 1.11. The van der Waals surface area contributed by atoms with Crippen LogP contribution in [0.4, 0.5) is 0 Å². The van der Waals surface area contributed by atoms with Crippen LogP contribution >= 0.6 is 0 Å². The Morgan fingerprint density at radius 1 is 1.25 bits per heavy atom. The summed E-state index contributed by atoms with van der Waals surface area (Å²) < 4.78 is 5.34. The van der Waals surface area contributed by atoms with Gasteiger partial charge in [0.05, 0.1) is 0 Å². The van der Waals surface area contributed by atoms with Crippen molar-refractivity contribution >= 4 is 11.8 Å². The van der Waals surface area contributed by atoms with E-state index in [4.69, 9.17) is 10.5 Å². The Bertz CT molecular complexity index is 467. The Labute approximate surface area is 118 Å². The highest BCUT2D eigenvalue weighted by molar-refractivity contribution is 5.83. The van der Waals surface area contributed by atoms with Gasteiger partial charge in [-0.2, -0.15) is 0 Å². The first-order chi connectivity index (χ1) is 9.63. The van der Waals surface area contributed by atoms with E-state index in [2.05, 4.69) is 0 Å². The summed E-state index contributed by atoms with van der Waals surface area (Å²) in [5.41, 5.74) is 6.14. The van der Waals surface area contributed by atoms with Gasteiger partial charge >= 0.3 is 0 Å². The molecule has 1 aromatic rings. The number of likely N-dealkylation sites (tertiary alicyclic amines) is 1. The first-order valence-corrected chi connectivity index (χ1v) is 6.79. The number of nitrogens with two attached hydrogens (primary N) is 1. The summed E-state index contributed by atoms with van der Waals surface area (Å²) in [6.07, 6.45) is 0.680. The summed E-state index contributed by atoms with van der Waals surface area (Å²) in [5.74, 6) is -0.443. The number of amides is 2. The van der Waals surface area contributed by atoms with Crippen molar-refractivity contribution in [1.29, 1.82) is 0 Å². The van der Waals surface area contributed by atoms with Gasteiger partial charge < -0.3 is 15.4 Å². The summed E-state index contributed by atoms with van der Waals surface area (Å²) in [7, 11) is 1.53. The molecule has 0 bridgehead atoms. The van der Waals surface area contributed by atoms with Crippen LogP contribution in [0.3, 0.4) is 0 Å². The molecule has 108 valence electrons. The van der Waals surface area contributed by atoms with Crippen molar-refractivity contribution in [2.75, 3.05) is 20.2 Å². The van der Waals surface area contributed by atoms with Crippen LogP contribution in [0, 0.1) is 5.92 Å². The average Bonchev–Trinajstić information content (AvgIpc) is 2.49. The third-order valence-corrected chi connectivity index (χ3v) is 3.77. The van der Waals surface area contributed by atoms with Gasteiger partial charge in [-0.3, -0.25) is 9.59 Å². The Morgan fingerprint density at radius 3 is 2.35 bits per heavy atom. The summed E-state index contributed by atoms with van der Waals surface area (Å²) in [5, 5.41) is 0. The van der Waals surface area contributed by atoms with E-state index in [1.165, 1.54) is 7.11 Å². The number of rotatable bonds is 4. The van der Waals surface area contributed by atoms with Crippen molar-refractivity contribution in [2.45, 2.75) is 18.9 Å². The lowest BCUT2D eigenvalue weighted by Crippen LogP contribution is -2.44. The molecule has 0 spiro atoms. The van der Waals surface area contributed by atoms with E-state index in [9.17, 15) is 9.59 Å². The van der Waals surface area contributed by atoms with Gasteiger partial charge in [0.25, 0.3) is 5.91 Å². The second kappa shape index (κ2) is 6.52. The first kappa shape index (κ1) is 14.5. The molecular weight excluding hydrogens is 256 g/mol.